The third-order valence-corrected chi connectivity index (χ3v) is 5.67. The van der Waals surface area contributed by atoms with Crippen LogP contribution in [0.25, 0.3) is 0 Å². The number of piperidine rings is 1. The molecule has 2 saturated heterocycles. The summed E-state index contributed by atoms with van der Waals surface area (Å²) < 4.78 is 5.22. The molecule has 2 amide bonds. The van der Waals surface area contributed by atoms with E-state index in [4.69, 9.17) is 4.74 Å². The van der Waals surface area contributed by atoms with Crippen molar-refractivity contribution in [2.45, 2.75) is 38.8 Å². The van der Waals surface area contributed by atoms with Gasteiger partial charge in [0, 0.05) is 38.3 Å². The summed E-state index contributed by atoms with van der Waals surface area (Å²) in [5.41, 5.74) is 1.33. The lowest BCUT2D eigenvalue weighted by Crippen LogP contribution is -2.60. The molecule has 0 unspecified atom stereocenters. The van der Waals surface area contributed by atoms with Crippen molar-refractivity contribution in [3.63, 3.8) is 0 Å². The second-order valence-electron chi connectivity index (χ2n) is 8.49. The lowest BCUT2D eigenvalue weighted by Gasteiger charge is -2.39. The summed E-state index contributed by atoms with van der Waals surface area (Å²) in [5, 5.41) is 6.61. The quantitative estimate of drug-likeness (QED) is 0.830. The Labute approximate surface area is 163 Å². The first-order chi connectivity index (χ1) is 12.9. The van der Waals surface area contributed by atoms with E-state index >= 15 is 0 Å². The summed E-state index contributed by atoms with van der Waals surface area (Å²) in [6.45, 7) is 10.7. The first-order valence-electron chi connectivity index (χ1n) is 10.1. The van der Waals surface area contributed by atoms with E-state index in [0.29, 0.717) is 5.92 Å². The maximum atomic E-state index is 12.5. The van der Waals surface area contributed by atoms with Crippen LogP contribution in [0.5, 0.6) is 5.75 Å². The summed E-state index contributed by atoms with van der Waals surface area (Å²) in [5.74, 6) is 1.48. The third kappa shape index (κ3) is 5.84. The lowest BCUT2D eigenvalue weighted by atomic mass is 9.96. The molecule has 6 heteroatoms. The molecule has 1 aromatic carbocycles. The molecule has 0 bridgehead atoms. The molecule has 2 fully saturated rings. The van der Waals surface area contributed by atoms with Gasteiger partial charge in [-0.05, 0) is 63.4 Å². The number of likely N-dealkylation sites (tertiary alicyclic amines) is 1. The number of carbonyl (C=O) groups excluding carboxylic acids is 1. The van der Waals surface area contributed by atoms with E-state index in [1.807, 2.05) is 17.0 Å². The summed E-state index contributed by atoms with van der Waals surface area (Å²) >= 11 is 0. The van der Waals surface area contributed by atoms with Gasteiger partial charge < -0.3 is 20.3 Å². The number of rotatable bonds is 5. The number of ether oxygens (including phenoxy) is 1. The largest absolute Gasteiger partial charge is 0.497 e. The number of piperazine rings is 1. The van der Waals surface area contributed by atoms with Crippen LogP contribution in [0.4, 0.5) is 4.79 Å². The van der Waals surface area contributed by atoms with Gasteiger partial charge in [0.15, 0.2) is 0 Å². The highest BCUT2D eigenvalue weighted by atomic mass is 16.5. The van der Waals surface area contributed by atoms with Crippen LogP contribution in [-0.4, -0.2) is 67.7 Å². The molecule has 0 aromatic heterocycles. The van der Waals surface area contributed by atoms with Gasteiger partial charge in [-0.2, -0.15) is 0 Å². The molecule has 1 aromatic rings. The number of nitrogens with zero attached hydrogens (tertiary/aromatic N) is 2. The Morgan fingerprint density at radius 2 is 1.93 bits per heavy atom. The number of nitrogens with one attached hydrogen (secondary N) is 2. The van der Waals surface area contributed by atoms with Crippen molar-refractivity contribution < 1.29 is 9.53 Å². The Hall–Kier alpha value is -1.79. The van der Waals surface area contributed by atoms with E-state index in [9.17, 15) is 4.79 Å². The van der Waals surface area contributed by atoms with Crippen LogP contribution in [-0.2, 0) is 6.54 Å². The van der Waals surface area contributed by atoms with Crippen molar-refractivity contribution in [1.29, 1.82) is 0 Å². The highest BCUT2D eigenvalue weighted by Gasteiger charge is 2.29. The zero-order valence-corrected chi connectivity index (χ0v) is 17.0. The van der Waals surface area contributed by atoms with Crippen LogP contribution >= 0.6 is 0 Å². The molecule has 0 radical (unpaired) electrons. The van der Waals surface area contributed by atoms with Crippen LogP contribution in [0.3, 0.4) is 0 Å². The molecule has 2 aliphatic heterocycles. The smallest absolute Gasteiger partial charge is 0.317 e. The fraction of sp³-hybridized carbons (Fsp3) is 0.667. The van der Waals surface area contributed by atoms with Crippen molar-refractivity contribution in [3.05, 3.63) is 29.8 Å². The topological polar surface area (TPSA) is 56.8 Å². The van der Waals surface area contributed by atoms with E-state index in [-0.39, 0.29) is 11.6 Å². The third-order valence-electron chi connectivity index (χ3n) is 5.67. The van der Waals surface area contributed by atoms with Gasteiger partial charge in [0.2, 0.25) is 0 Å². The zero-order valence-electron chi connectivity index (χ0n) is 17.0. The summed E-state index contributed by atoms with van der Waals surface area (Å²) in [4.78, 5) is 16.9. The monoisotopic (exact) mass is 374 g/mol. The molecule has 2 aliphatic rings. The van der Waals surface area contributed by atoms with Crippen molar-refractivity contribution in [2.24, 2.45) is 5.92 Å². The Bertz CT molecular complexity index is 609. The number of benzene rings is 1. The number of carbonyl (C=O) groups is 1. The Morgan fingerprint density at radius 3 is 2.56 bits per heavy atom. The average molecular weight is 375 g/mol. The summed E-state index contributed by atoms with van der Waals surface area (Å²) in [6.07, 6.45) is 2.28. The van der Waals surface area contributed by atoms with E-state index in [2.05, 4.69) is 41.5 Å². The van der Waals surface area contributed by atoms with Gasteiger partial charge in [0.05, 0.1) is 7.11 Å². The molecule has 0 spiro atoms. The predicted octanol–water partition coefficient (Wildman–Crippen LogP) is 2.30. The molecule has 3 rings (SSSR count). The minimum atomic E-state index is 0.00237. The normalized spacial score (nSPS) is 21.1. The molecule has 27 heavy (non-hydrogen) atoms. The second-order valence-corrected chi connectivity index (χ2v) is 8.49. The van der Waals surface area contributed by atoms with E-state index in [0.717, 1.165) is 64.4 Å². The van der Waals surface area contributed by atoms with Crippen LogP contribution in [0.1, 0.15) is 32.3 Å². The predicted molar refractivity (Wildman–Crippen MR) is 108 cm³/mol. The fourth-order valence-corrected chi connectivity index (χ4v) is 4.00. The molecule has 0 atom stereocenters. The molecule has 2 N–H and O–H groups in total. The standard InChI is InChI=1S/C21H34N4O2/c1-21(2)16-25(13-10-23-21)20(26)22-14-17-8-11-24(12-9-17)15-18-4-6-19(27-3)7-5-18/h4-7,17,23H,8-16H2,1-3H3,(H,22,26). The van der Waals surface area contributed by atoms with Crippen molar-refractivity contribution in [1.82, 2.24) is 20.4 Å². The second kappa shape index (κ2) is 8.93. The number of hydrogen-bond donors (Lipinski definition) is 2. The van der Waals surface area contributed by atoms with Crippen LogP contribution in [0, 0.1) is 5.92 Å². The molecule has 6 nitrogen and oxygen atoms in total. The number of hydrogen-bond acceptors (Lipinski definition) is 4. The van der Waals surface area contributed by atoms with Gasteiger partial charge in [-0.3, -0.25) is 4.90 Å². The lowest BCUT2D eigenvalue weighted by molar-refractivity contribution is 0.147. The van der Waals surface area contributed by atoms with Gasteiger partial charge >= 0.3 is 6.03 Å². The summed E-state index contributed by atoms with van der Waals surface area (Å²) in [7, 11) is 1.70. The molecular weight excluding hydrogens is 340 g/mol. The van der Waals surface area contributed by atoms with Crippen molar-refractivity contribution in [2.75, 3.05) is 46.4 Å². The minimum Gasteiger partial charge on any atom is -0.497 e. The minimum absolute atomic E-state index is 0.00237. The SMILES string of the molecule is COc1ccc(CN2CCC(CNC(=O)N3CCNC(C)(C)C3)CC2)cc1. The highest BCUT2D eigenvalue weighted by molar-refractivity contribution is 5.74. The summed E-state index contributed by atoms with van der Waals surface area (Å²) in [6, 6.07) is 8.41. The first kappa shape index (κ1) is 20.0. The Morgan fingerprint density at radius 1 is 1.22 bits per heavy atom. The number of amides is 2. The molecule has 0 saturated carbocycles. The van der Waals surface area contributed by atoms with E-state index in [1.54, 1.807) is 7.11 Å². The van der Waals surface area contributed by atoms with Crippen LogP contribution in [0.2, 0.25) is 0 Å². The molecule has 2 heterocycles. The van der Waals surface area contributed by atoms with Crippen molar-refractivity contribution in [3.8, 4) is 5.75 Å². The van der Waals surface area contributed by atoms with Gasteiger partial charge in [0.25, 0.3) is 0 Å². The van der Waals surface area contributed by atoms with Crippen molar-refractivity contribution >= 4 is 6.03 Å². The van der Waals surface area contributed by atoms with E-state index in [1.165, 1.54) is 5.56 Å². The highest BCUT2D eigenvalue weighted by Crippen LogP contribution is 2.20. The van der Waals surface area contributed by atoms with Gasteiger partial charge in [-0.15, -0.1) is 0 Å². The van der Waals surface area contributed by atoms with Crippen LogP contribution < -0.4 is 15.4 Å². The fourth-order valence-electron chi connectivity index (χ4n) is 4.00. The molecular formula is C21H34N4O2. The first-order valence-corrected chi connectivity index (χ1v) is 10.1. The van der Waals surface area contributed by atoms with E-state index < -0.39 is 0 Å². The van der Waals surface area contributed by atoms with Gasteiger partial charge in [0.1, 0.15) is 5.75 Å². The Balaban J connectivity index is 1.37. The molecule has 0 aliphatic carbocycles. The Kier molecular flexibility index (Phi) is 6.60. The van der Waals surface area contributed by atoms with Gasteiger partial charge in [-0.1, -0.05) is 12.1 Å². The number of urea groups is 1. The average Bonchev–Trinajstić information content (AvgIpc) is 2.67. The zero-order chi connectivity index (χ0) is 19.3. The van der Waals surface area contributed by atoms with Crippen LogP contribution in [0.15, 0.2) is 24.3 Å². The molecule has 150 valence electrons. The maximum absolute atomic E-state index is 12.5. The number of methoxy groups -OCH3 is 1. The van der Waals surface area contributed by atoms with Gasteiger partial charge in [-0.25, -0.2) is 4.79 Å². The maximum Gasteiger partial charge on any atom is 0.317 e.